The molecule has 3 unspecified atom stereocenters. The van der Waals surface area contributed by atoms with Crippen LogP contribution in [0.5, 0.6) is 0 Å². The molecule has 1 aromatic rings. The van der Waals surface area contributed by atoms with Gasteiger partial charge in [-0.25, -0.2) is 0 Å². The first-order valence-electron chi connectivity index (χ1n) is 6.13. The van der Waals surface area contributed by atoms with E-state index >= 15 is 0 Å². The smallest absolute Gasteiger partial charge is 0.0668 e. The molecule has 0 spiro atoms. The summed E-state index contributed by atoms with van der Waals surface area (Å²) in [6.07, 6.45) is 2.95. The predicted molar refractivity (Wildman–Crippen MR) is 69.9 cm³/mol. The highest BCUT2D eigenvalue weighted by atomic mass is 32.2. The highest BCUT2D eigenvalue weighted by Crippen LogP contribution is 2.39. The molecule has 3 atom stereocenters. The number of fused-ring (bicyclic) bond motifs is 1. The van der Waals surface area contributed by atoms with Gasteiger partial charge >= 0.3 is 0 Å². The van der Waals surface area contributed by atoms with Crippen LogP contribution in [0.2, 0.25) is 0 Å². The molecule has 0 saturated heterocycles. The van der Waals surface area contributed by atoms with Crippen LogP contribution in [0, 0.1) is 5.92 Å². The summed E-state index contributed by atoms with van der Waals surface area (Å²) in [5.74, 6) is 0.624. The number of hydrogen-bond acceptors (Lipinski definition) is 2. The zero-order valence-corrected chi connectivity index (χ0v) is 10.8. The third-order valence-electron chi connectivity index (χ3n) is 3.44. The minimum absolute atomic E-state index is 0.160. The van der Waals surface area contributed by atoms with Crippen molar-refractivity contribution in [3.05, 3.63) is 29.8 Å². The van der Waals surface area contributed by atoms with E-state index in [-0.39, 0.29) is 6.10 Å². The van der Waals surface area contributed by atoms with E-state index in [0.29, 0.717) is 11.2 Å². The van der Waals surface area contributed by atoms with E-state index in [0.717, 1.165) is 19.3 Å². The molecule has 0 aromatic heterocycles. The lowest BCUT2D eigenvalue weighted by Gasteiger charge is -2.20. The second-order valence-corrected chi connectivity index (χ2v) is 6.07. The van der Waals surface area contributed by atoms with E-state index in [1.54, 1.807) is 0 Å². The van der Waals surface area contributed by atoms with Crippen LogP contribution in [0.25, 0.3) is 0 Å². The van der Waals surface area contributed by atoms with E-state index in [2.05, 4.69) is 38.1 Å². The van der Waals surface area contributed by atoms with Gasteiger partial charge < -0.3 is 5.11 Å². The fourth-order valence-electron chi connectivity index (χ4n) is 2.15. The van der Waals surface area contributed by atoms with Crippen molar-refractivity contribution in [2.24, 2.45) is 5.92 Å². The maximum atomic E-state index is 10.2. The summed E-state index contributed by atoms with van der Waals surface area (Å²) in [6, 6.07) is 8.51. The summed E-state index contributed by atoms with van der Waals surface area (Å²) < 4.78 is 0. The van der Waals surface area contributed by atoms with Crippen LogP contribution in [0.3, 0.4) is 0 Å². The number of aliphatic hydroxyl groups is 1. The van der Waals surface area contributed by atoms with E-state index < -0.39 is 0 Å². The van der Waals surface area contributed by atoms with Crippen molar-refractivity contribution in [2.45, 2.75) is 49.4 Å². The van der Waals surface area contributed by atoms with E-state index in [1.165, 1.54) is 10.5 Å². The largest absolute Gasteiger partial charge is 0.392 e. The van der Waals surface area contributed by atoms with Crippen LogP contribution in [-0.4, -0.2) is 16.5 Å². The number of thioether (sulfide) groups is 1. The standard InChI is InChI=1S/C14H20OS/c1-3-10(2)8-12(15)14-9-11-6-4-5-7-13(11)16-14/h4-7,10,12,14-15H,3,8-9H2,1-2H3. The molecule has 1 aliphatic heterocycles. The molecule has 0 bridgehead atoms. The highest BCUT2D eigenvalue weighted by Gasteiger charge is 2.28. The molecule has 16 heavy (non-hydrogen) atoms. The number of hydrogen-bond donors (Lipinski definition) is 1. The Morgan fingerprint density at radius 1 is 1.44 bits per heavy atom. The van der Waals surface area contributed by atoms with Crippen LogP contribution in [0.1, 0.15) is 32.3 Å². The van der Waals surface area contributed by atoms with Crippen molar-refractivity contribution in [3.8, 4) is 0 Å². The Balaban J connectivity index is 1.95. The SMILES string of the molecule is CCC(C)CC(O)C1Cc2ccccc2S1. The zero-order chi connectivity index (χ0) is 11.5. The van der Waals surface area contributed by atoms with Crippen molar-refractivity contribution in [1.29, 1.82) is 0 Å². The average Bonchev–Trinajstić information content (AvgIpc) is 2.72. The molecule has 1 nitrogen and oxygen atoms in total. The molecule has 0 radical (unpaired) electrons. The normalized spacial score (nSPS) is 22.8. The van der Waals surface area contributed by atoms with Gasteiger partial charge in [0.2, 0.25) is 0 Å². The van der Waals surface area contributed by atoms with Gasteiger partial charge in [0.25, 0.3) is 0 Å². The Morgan fingerprint density at radius 2 is 2.19 bits per heavy atom. The molecule has 0 aliphatic carbocycles. The number of benzene rings is 1. The molecular weight excluding hydrogens is 216 g/mol. The molecule has 88 valence electrons. The van der Waals surface area contributed by atoms with Crippen LogP contribution in [0.4, 0.5) is 0 Å². The van der Waals surface area contributed by atoms with Crippen molar-refractivity contribution < 1.29 is 5.11 Å². The predicted octanol–water partition coefficient (Wildman–Crippen LogP) is 3.50. The zero-order valence-electron chi connectivity index (χ0n) is 10.0. The van der Waals surface area contributed by atoms with Crippen molar-refractivity contribution in [3.63, 3.8) is 0 Å². The first-order valence-corrected chi connectivity index (χ1v) is 7.01. The minimum Gasteiger partial charge on any atom is -0.392 e. The van der Waals surface area contributed by atoms with Gasteiger partial charge in [0.15, 0.2) is 0 Å². The highest BCUT2D eigenvalue weighted by molar-refractivity contribution is 8.00. The monoisotopic (exact) mass is 236 g/mol. The van der Waals surface area contributed by atoms with E-state index in [1.807, 2.05) is 11.8 Å². The van der Waals surface area contributed by atoms with Crippen molar-refractivity contribution in [2.75, 3.05) is 0 Å². The summed E-state index contributed by atoms with van der Waals surface area (Å²) in [5, 5.41) is 10.6. The molecular formula is C14H20OS. The number of aliphatic hydroxyl groups excluding tert-OH is 1. The molecule has 2 rings (SSSR count). The summed E-state index contributed by atoms with van der Waals surface area (Å²) in [4.78, 5) is 1.36. The van der Waals surface area contributed by atoms with Crippen LogP contribution >= 0.6 is 11.8 Å². The van der Waals surface area contributed by atoms with Crippen LogP contribution < -0.4 is 0 Å². The van der Waals surface area contributed by atoms with Gasteiger partial charge in [-0.3, -0.25) is 0 Å². The van der Waals surface area contributed by atoms with Crippen molar-refractivity contribution >= 4 is 11.8 Å². The van der Waals surface area contributed by atoms with Gasteiger partial charge in [0, 0.05) is 10.1 Å². The average molecular weight is 236 g/mol. The van der Waals surface area contributed by atoms with Gasteiger partial charge in [-0.05, 0) is 30.4 Å². The molecule has 1 aromatic carbocycles. The topological polar surface area (TPSA) is 20.2 Å². The Morgan fingerprint density at radius 3 is 2.88 bits per heavy atom. The summed E-state index contributed by atoms with van der Waals surface area (Å²) in [6.45, 7) is 4.41. The van der Waals surface area contributed by atoms with Crippen molar-refractivity contribution in [1.82, 2.24) is 0 Å². The van der Waals surface area contributed by atoms with Crippen LogP contribution in [0.15, 0.2) is 29.2 Å². The Kier molecular flexibility index (Phi) is 3.93. The van der Waals surface area contributed by atoms with Gasteiger partial charge in [-0.1, -0.05) is 38.5 Å². The molecule has 1 N–H and O–H groups in total. The summed E-state index contributed by atoms with van der Waals surface area (Å²) in [7, 11) is 0. The second-order valence-electron chi connectivity index (χ2n) is 4.78. The Hall–Kier alpha value is -0.470. The maximum Gasteiger partial charge on any atom is 0.0668 e. The molecule has 2 heteroatoms. The third kappa shape index (κ3) is 2.61. The Labute approximate surface area is 102 Å². The van der Waals surface area contributed by atoms with Gasteiger partial charge in [-0.15, -0.1) is 11.8 Å². The van der Waals surface area contributed by atoms with Gasteiger partial charge in [0.05, 0.1) is 6.10 Å². The first kappa shape index (κ1) is 12.0. The second kappa shape index (κ2) is 5.24. The lowest BCUT2D eigenvalue weighted by molar-refractivity contribution is 0.142. The lowest BCUT2D eigenvalue weighted by Crippen LogP contribution is -2.24. The fraction of sp³-hybridized carbons (Fsp3) is 0.571. The minimum atomic E-state index is -0.160. The lowest BCUT2D eigenvalue weighted by atomic mass is 9.97. The number of rotatable bonds is 4. The molecule has 0 fully saturated rings. The van der Waals surface area contributed by atoms with E-state index in [9.17, 15) is 5.11 Å². The third-order valence-corrected chi connectivity index (χ3v) is 4.88. The first-order chi connectivity index (χ1) is 7.70. The summed E-state index contributed by atoms with van der Waals surface area (Å²) >= 11 is 1.85. The molecule has 0 saturated carbocycles. The Bertz CT molecular complexity index is 325. The summed E-state index contributed by atoms with van der Waals surface area (Å²) in [5.41, 5.74) is 1.40. The molecule has 1 aliphatic rings. The van der Waals surface area contributed by atoms with Gasteiger partial charge in [0.1, 0.15) is 0 Å². The molecule has 0 amide bonds. The van der Waals surface area contributed by atoms with E-state index in [4.69, 9.17) is 0 Å². The maximum absolute atomic E-state index is 10.2. The molecule has 1 heterocycles. The fourth-order valence-corrected chi connectivity index (χ4v) is 3.47. The quantitative estimate of drug-likeness (QED) is 0.863. The van der Waals surface area contributed by atoms with Crippen LogP contribution in [-0.2, 0) is 6.42 Å². The van der Waals surface area contributed by atoms with Gasteiger partial charge in [-0.2, -0.15) is 0 Å².